The lowest BCUT2D eigenvalue weighted by Gasteiger charge is -2.20. The summed E-state index contributed by atoms with van der Waals surface area (Å²) >= 11 is 6.60. The smallest absolute Gasteiger partial charge is 0.270 e. The van der Waals surface area contributed by atoms with Crippen LogP contribution in [0.4, 0.5) is 5.13 Å². The van der Waals surface area contributed by atoms with Gasteiger partial charge in [0.15, 0.2) is 0 Å². The van der Waals surface area contributed by atoms with Gasteiger partial charge in [-0.1, -0.05) is 68.0 Å². The second kappa shape index (κ2) is 9.04. The second-order valence-corrected chi connectivity index (χ2v) is 11.4. The van der Waals surface area contributed by atoms with Gasteiger partial charge in [0.1, 0.15) is 0 Å². The van der Waals surface area contributed by atoms with Crippen molar-refractivity contribution in [2.75, 3.05) is 5.32 Å². The molecule has 0 fully saturated rings. The third kappa shape index (κ3) is 5.88. The van der Waals surface area contributed by atoms with Gasteiger partial charge in [-0.2, -0.15) is 0 Å². The lowest BCUT2D eigenvalue weighted by atomic mass is 9.86. The maximum atomic E-state index is 12.7. The van der Waals surface area contributed by atoms with Crippen molar-refractivity contribution in [1.82, 2.24) is 14.9 Å². The van der Waals surface area contributed by atoms with Gasteiger partial charge in [-0.05, 0) is 47.7 Å². The van der Waals surface area contributed by atoms with Crippen molar-refractivity contribution in [1.29, 1.82) is 0 Å². The summed E-state index contributed by atoms with van der Waals surface area (Å²) in [7, 11) is -3.91. The van der Waals surface area contributed by atoms with Gasteiger partial charge < -0.3 is 0 Å². The summed E-state index contributed by atoms with van der Waals surface area (Å²) in [6, 6.07) is 13.6. The first-order valence-corrected chi connectivity index (χ1v) is 12.2. The molecule has 3 aromatic rings. The Balaban J connectivity index is 1.69. The van der Waals surface area contributed by atoms with Crippen molar-refractivity contribution in [3.05, 3.63) is 70.2 Å². The van der Waals surface area contributed by atoms with E-state index in [4.69, 9.17) is 11.6 Å². The molecule has 31 heavy (non-hydrogen) atoms. The molecule has 1 heterocycles. The number of halogens is 1. The highest BCUT2D eigenvalue weighted by atomic mass is 35.5. The molecule has 0 aliphatic carbocycles. The third-order valence-corrected chi connectivity index (χ3v) is 7.57. The number of carbonyl (C=O) groups is 1. The van der Waals surface area contributed by atoms with Crippen LogP contribution < -0.4 is 10.0 Å². The zero-order valence-corrected chi connectivity index (χ0v) is 19.9. The number of amides is 1. The number of nitrogens with one attached hydrogen (secondary N) is 2. The lowest BCUT2D eigenvalue weighted by molar-refractivity contribution is 0.102. The summed E-state index contributed by atoms with van der Waals surface area (Å²) in [6.45, 7) is 8.11. The highest BCUT2D eigenvalue weighted by Crippen LogP contribution is 2.26. The minimum Gasteiger partial charge on any atom is -0.296 e. The van der Waals surface area contributed by atoms with Gasteiger partial charge in [0, 0.05) is 16.6 Å². The van der Waals surface area contributed by atoms with Crippen LogP contribution in [0, 0.1) is 0 Å². The average molecular weight is 479 g/mol. The molecule has 0 saturated carbocycles. The topological polar surface area (TPSA) is 101 Å². The molecule has 1 atom stereocenters. The van der Waals surface area contributed by atoms with Gasteiger partial charge in [0.05, 0.1) is 0 Å². The molecule has 0 bridgehead atoms. The molecule has 1 aromatic heterocycles. The molecule has 0 radical (unpaired) electrons. The van der Waals surface area contributed by atoms with Crippen molar-refractivity contribution in [3.8, 4) is 0 Å². The fourth-order valence-electron chi connectivity index (χ4n) is 2.76. The van der Waals surface area contributed by atoms with Crippen molar-refractivity contribution in [2.24, 2.45) is 0 Å². The van der Waals surface area contributed by atoms with Gasteiger partial charge in [0.25, 0.3) is 15.9 Å². The summed E-state index contributed by atoms with van der Waals surface area (Å²) in [5.41, 5.74) is 2.38. The number of nitrogens with zero attached hydrogens (tertiary/aromatic N) is 2. The van der Waals surface area contributed by atoms with Crippen molar-refractivity contribution in [3.63, 3.8) is 0 Å². The van der Waals surface area contributed by atoms with E-state index in [1.807, 2.05) is 24.3 Å². The first kappa shape index (κ1) is 23.3. The second-order valence-electron chi connectivity index (χ2n) is 8.05. The predicted molar refractivity (Wildman–Crippen MR) is 123 cm³/mol. The molecule has 164 valence electrons. The molecule has 1 amide bonds. The van der Waals surface area contributed by atoms with Crippen LogP contribution in [0.5, 0.6) is 0 Å². The zero-order chi connectivity index (χ0) is 22.8. The quantitative estimate of drug-likeness (QED) is 0.496. The first-order valence-electron chi connectivity index (χ1n) is 9.49. The molecule has 2 N–H and O–H groups in total. The minimum atomic E-state index is -3.91. The van der Waals surface area contributed by atoms with Crippen LogP contribution >= 0.6 is 22.9 Å². The number of hydrogen-bond acceptors (Lipinski definition) is 6. The van der Waals surface area contributed by atoms with E-state index in [0.717, 1.165) is 22.5 Å². The van der Waals surface area contributed by atoms with E-state index in [1.54, 1.807) is 31.2 Å². The van der Waals surface area contributed by atoms with Gasteiger partial charge in [-0.15, -0.1) is 10.2 Å². The molecule has 10 heteroatoms. The van der Waals surface area contributed by atoms with E-state index in [0.29, 0.717) is 10.6 Å². The number of sulfonamides is 1. The Bertz CT molecular complexity index is 1170. The fourth-order valence-corrected chi connectivity index (χ4v) is 5.03. The van der Waals surface area contributed by atoms with Crippen LogP contribution in [0.2, 0.25) is 5.02 Å². The number of rotatable bonds is 6. The van der Waals surface area contributed by atoms with E-state index in [-0.39, 0.29) is 14.9 Å². The standard InChI is InChI=1S/C21H23ClN4O3S2/c1-13(14-5-9-16(10-6-14)21(2,3)4)26-31(28,29)20-25-24-19(30-20)23-18(27)15-7-11-17(22)12-8-15/h5-13,26H,1-4H3,(H,23,24,27)/t13-/m1/s1. The largest absolute Gasteiger partial charge is 0.296 e. The van der Waals surface area contributed by atoms with Crippen molar-refractivity contribution in [2.45, 2.75) is 43.5 Å². The molecular formula is C21H23ClN4O3S2. The van der Waals surface area contributed by atoms with Crippen LogP contribution in [-0.2, 0) is 15.4 Å². The van der Waals surface area contributed by atoms with Crippen molar-refractivity contribution < 1.29 is 13.2 Å². The summed E-state index contributed by atoms with van der Waals surface area (Å²) in [5, 5.41) is 10.6. The third-order valence-electron chi connectivity index (χ3n) is 4.57. The molecule has 0 unspecified atom stereocenters. The molecular weight excluding hydrogens is 456 g/mol. The Morgan fingerprint density at radius 3 is 2.23 bits per heavy atom. The summed E-state index contributed by atoms with van der Waals surface area (Å²) < 4.78 is 27.8. The Morgan fingerprint density at radius 2 is 1.65 bits per heavy atom. The van der Waals surface area contributed by atoms with Crippen molar-refractivity contribution >= 4 is 44.0 Å². The van der Waals surface area contributed by atoms with Crippen LogP contribution in [0.1, 0.15) is 55.2 Å². The Morgan fingerprint density at radius 1 is 1.03 bits per heavy atom. The molecule has 0 aliphatic rings. The number of carbonyl (C=O) groups excluding carboxylic acids is 1. The summed E-state index contributed by atoms with van der Waals surface area (Å²) in [5.74, 6) is -0.433. The lowest BCUT2D eigenvalue weighted by Crippen LogP contribution is -2.27. The van der Waals surface area contributed by atoms with Crippen LogP contribution in [0.3, 0.4) is 0 Å². The molecule has 0 aliphatic heterocycles. The van der Waals surface area contributed by atoms with Gasteiger partial charge in [-0.25, -0.2) is 13.1 Å². The fraction of sp³-hybridized carbons (Fsp3) is 0.286. The predicted octanol–water partition coefficient (Wildman–Crippen LogP) is 4.78. The Hall–Kier alpha value is -2.33. The molecule has 0 saturated heterocycles. The van der Waals surface area contributed by atoms with E-state index < -0.39 is 22.0 Å². The monoisotopic (exact) mass is 478 g/mol. The number of anilines is 1. The summed E-state index contributed by atoms with van der Waals surface area (Å²) in [6.07, 6.45) is 0. The molecule has 2 aromatic carbocycles. The number of benzene rings is 2. The maximum absolute atomic E-state index is 12.7. The Kier molecular flexibility index (Phi) is 6.80. The summed E-state index contributed by atoms with van der Waals surface area (Å²) in [4.78, 5) is 12.3. The van der Waals surface area contributed by atoms with E-state index in [2.05, 4.69) is 41.0 Å². The minimum absolute atomic E-state index is 0.0146. The molecule has 7 nitrogen and oxygen atoms in total. The van der Waals surface area contributed by atoms with Crippen LogP contribution in [0.15, 0.2) is 52.9 Å². The van der Waals surface area contributed by atoms with E-state index in [1.165, 1.54) is 0 Å². The van der Waals surface area contributed by atoms with Gasteiger partial charge in [0.2, 0.25) is 9.47 Å². The highest BCUT2D eigenvalue weighted by molar-refractivity contribution is 7.91. The molecule has 3 rings (SSSR count). The number of hydrogen-bond donors (Lipinski definition) is 2. The van der Waals surface area contributed by atoms with Gasteiger partial charge >= 0.3 is 0 Å². The normalized spacial score (nSPS) is 13.1. The molecule has 0 spiro atoms. The van der Waals surface area contributed by atoms with E-state index >= 15 is 0 Å². The van der Waals surface area contributed by atoms with Crippen LogP contribution in [-0.4, -0.2) is 24.5 Å². The Labute approximate surface area is 190 Å². The first-order chi connectivity index (χ1) is 14.5. The number of aromatic nitrogens is 2. The highest BCUT2D eigenvalue weighted by Gasteiger charge is 2.24. The zero-order valence-electron chi connectivity index (χ0n) is 17.5. The average Bonchev–Trinajstić information content (AvgIpc) is 3.17. The van der Waals surface area contributed by atoms with E-state index in [9.17, 15) is 13.2 Å². The van der Waals surface area contributed by atoms with Gasteiger partial charge in [-0.3, -0.25) is 10.1 Å². The van der Waals surface area contributed by atoms with Crippen LogP contribution in [0.25, 0.3) is 0 Å². The maximum Gasteiger partial charge on any atom is 0.270 e. The SMILES string of the molecule is C[C@@H](NS(=O)(=O)c1nnc(NC(=O)c2ccc(Cl)cc2)s1)c1ccc(C(C)(C)C)cc1.